The summed E-state index contributed by atoms with van der Waals surface area (Å²) >= 11 is 2.51. The van der Waals surface area contributed by atoms with E-state index in [1.54, 1.807) is 0 Å². The number of carbonyl (C=O) groups is 2. The smallest absolute Gasteiger partial charge is 0.328 e. The summed E-state index contributed by atoms with van der Waals surface area (Å²) in [7, 11) is 0. The molecule has 44 valence electrons. The highest BCUT2D eigenvalue weighted by molar-refractivity contribution is 9.18. The van der Waals surface area contributed by atoms with Gasteiger partial charge in [0.1, 0.15) is 0 Å². The molecule has 0 aliphatic heterocycles. The van der Waals surface area contributed by atoms with Gasteiger partial charge in [0.25, 0.3) is 0 Å². The molecule has 0 radical (unpaired) electrons. The molecular formula is C4H3BrO3. The van der Waals surface area contributed by atoms with E-state index in [2.05, 4.69) is 15.9 Å². The van der Waals surface area contributed by atoms with Crippen LogP contribution in [0.3, 0.4) is 0 Å². The number of aliphatic carboxylic acids is 1. The van der Waals surface area contributed by atoms with Gasteiger partial charge >= 0.3 is 5.97 Å². The van der Waals surface area contributed by atoms with Gasteiger partial charge in [-0.3, -0.25) is 4.79 Å². The van der Waals surface area contributed by atoms with Gasteiger partial charge in [-0.1, -0.05) is 0 Å². The van der Waals surface area contributed by atoms with Gasteiger partial charge in [0.15, 0.2) is 0 Å². The number of carbonyl (C=O) groups excluding carboxylic acids is 1. The minimum atomic E-state index is -1.13. The molecule has 0 bridgehead atoms. The Bertz CT molecular complexity index is 122. The molecule has 0 fully saturated rings. The fourth-order valence-corrected chi connectivity index (χ4v) is 0.269. The Hall–Kier alpha value is -0.640. The normalized spacial score (nSPS) is 9.62. The highest BCUT2D eigenvalue weighted by Gasteiger charge is 1.87. The van der Waals surface area contributed by atoms with Crippen molar-refractivity contribution in [2.45, 2.75) is 0 Å². The van der Waals surface area contributed by atoms with Gasteiger partial charge in [0, 0.05) is 6.08 Å². The minimum Gasteiger partial charge on any atom is -0.478 e. The van der Waals surface area contributed by atoms with Crippen LogP contribution in [-0.2, 0) is 9.59 Å². The number of hydrogen-bond acceptors (Lipinski definition) is 2. The van der Waals surface area contributed by atoms with E-state index < -0.39 is 10.7 Å². The second kappa shape index (κ2) is 3.37. The molecule has 0 spiro atoms. The predicted molar refractivity (Wildman–Crippen MR) is 30.7 cm³/mol. The lowest BCUT2D eigenvalue weighted by Crippen LogP contribution is -1.87. The summed E-state index contributed by atoms with van der Waals surface area (Å²) in [4.78, 5) is 19.6. The lowest BCUT2D eigenvalue weighted by atomic mass is 10.5. The van der Waals surface area contributed by atoms with Crippen LogP contribution in [0.25, 0.3) is 0 Å². The van der Waals surface area contributed by atoms with Crippen molar-refractivity contribution in [2.24, 2.45) is 0 Å². The Morgan fingerprint density at radius 2 is 1.88 bits per heavy atom. The number of carboxylic acids is 1. The Kier molecular flexibility index (Phi) is 3.10. The van der Waals surface area contributed by atoms with Crippen LogP contribution in [0, 0.1) is 0 Å². The molecule has 0 aliphatic rings. The predicted octanol–water partition coefficient (Wildman–Crippen LogP) is 0.549. The third kappa shape index (κ3) is 5.36. The SMILES string of the molecule is O=C(O)/C=C/C(=O)Br. The maximum absolute atomic E-state index is 9.91. The van der Waals surface area contributed by atoms with E-state index in [4.69, 9.17) is 5.11 Å². The van der Waals surface area contributed by atoms with E-state index in [0.29, 0.717) is 0 Å². The standard InChI is InChI=1S/C4H3BrO3/c5-3(6)1-2-4(7)8/h1-2H,(H,7,8)/b2-1+. The average Bonchev–Trinajstić information content (AvgIpc) is 1.61. The topological polar surface area (TPSA) is 54.4 Å². The highest BCUT2D eigenvalue weighted by Crippen LogP contribution is 1.84. The van der Waals surface area contributed by atoms with Gasteiger partial charge in [0.05, 0.1) is 0 Å². The van der Waals surface area contributed by atoms with Gasteiger partial charge in [-0.2, -0.15) is 0 Å². The van der Waals surface area contributed by atoms with E-state index in [-0.39, 0.29) is 0 Å². The molecule has 3 nitrogen and oxygen atoms in total. The molecule has 0 atom stereocenters. The zero-order valence-corrected chi connectivity index (χ0v) is 5.38. The molecule has 0 saturated carbocycles. The van der Waals surface area contributed by atoms with Crippen LogP contribution in [0.15, 0.2) is 12.2 Å². The minimum absolute atomic E-state index is 0.445. The molecule has 4 heteroatoms. The van der Waals surface area contributed by atoms with E-state index in [1.807, 2.05) is 0 Å². The third-order valence-corrected chi connectivity index (χ3v) is 0.621. The Morgan fingerprint density at radius 1 is 1.38 bits per heavy atom. The van der Waals surface area contributed by atoms with E-state index >= 15 is 0 Å². The molecule has 8 heavy (non-hydrogen) atoms. The Balaban J connectivity index is 3.67. The summed E-state index contributed by atoms with van der Waals surface area (Å²) < 4.78 is -0.445. The zero-order chi connectivity index (χ0) is 6.57. The molecule has 0 aliphatic carbocycles. The van der Waals surface area contributed by atoms with Gasteiger partial charge < -0.3 is 5.11 Å². The number of allylic oxidation sites excluding steroid dienone is 1. The van der Waals surface area contributed by atoms with Crippen molar-refractivity contribution in [2.75, 3.05) is 0 Å². The average molecular weight is 179 g/mol. The molecule has 1 N–H and O–H groups in total. The Morgan fingerprint density at radius 3 is 2.00 bits per heavy atom. The number of rotatable bonds is 2. The van der Waals surface area contributed by atoms with Gasteiger partial charge in [-0.25, -0.2) is 4.79 Å². The molecule has 0 saturated heterocycles. The van der Waals surface area contributed by atoms with Gasteiger partial charge in [0.2, 0.25) is 4.69 Å². The summed E-state index contributed by atoms with van der Waals surface area (Å²) in [5, 5.41) is 7.90. The summed E-state index contributed by atoms with van der Waals surface area (Å²) in [5.74, 6) is -1.13. The first-order chi connectivity index (χ1) is 3.63. The molecule has 0 unspecified atom stereocenters. The van der Waals surface area contributed by atoms with Crippen molar-refractivity contribution >= 4 is 26.6 Å². The molecule has 0 aromatic heterocycles. The summed E-state index contributed by atoms with van der Waals surface area (Å²) in [6.07, 6.45) is 1.68. The first-order valence-electron chi connectivity index (χ1n) is 1.73. The third-order valence-electron chi connectivity index (χ3n) is 0.357. The van der Waals surface area contributed by atoms with Crippen LogP contribution in [0.2, 0.25) is 0 Å². The molecule has 0 aromatic carbocycles. The summed E-state index contributed by atoms with van der Waals surface area (Å²) in [5.41, 5.74) is 0. The van der Waals surface area contributed by atoms with Crippen LogP contribution in [0.1, 0.15) is 0 Å². The van der Waals surface area contributed by atoms with Crippen LogP contribution in [0.4, 0.5) is 0 Å². The van der Waals surface area contributed by atoms with Gasteiger partial charge in [-0.15, -0.1) is 0 Å². The number of hydrogen-bond donors (Lipinski definition) is 1. The van der Waals surface area contributed by atoms with Crippen molar-refractivity contribution in [3.63, 3.8) is 0 Å². The number of halogens is 1. The quantitative estimate of drug-likeness (QED) is 0.497. The summed E-state index contributed by atoms with van der Waals surface area (Å²) in [6, 6.07) is 0. The van der Waals surface area contributed by atoms with Crippen molar-refractivity contribution < 1.29 is 14.7 Å². The molecular weight excluding hydrogens is 176 g/mol. The van der Waals surface area contributed by atoms with E-state index in [9.17, 15) is 9.59 Å². The lowest BCUT2D eigenvalue weighted by molar-refractivity contribution is -0.131. The van der Waals surface area contributed by atoms with Gasteiger partial charge in [-0.05, 0) is 22.0 Å². The van der Waals surface area contributed by atoms with Crippen LogP contribution >= 0.6 is 15.9 Å². The fraction of sp³-hybridized carbons (Fsp3) is 0. The van der Waals surface area contributed by atoms with Crippen molar-refractivity contribution in [3.05, 3.63) is 12.2 Å². The van der Waals surface area contributed by atoms with Crippen LogP contribution < -0.4 is 0 Å². The highest BCUT2D eigenvalue weighted by atomic mass is 79.9. The first-order valence-corrected chi connectivity index (χ1v) is 2.52. The largest absolute Gasteiger partial charge is 0.478 e. The maximum atomic E-state index is 9.91. The fourth-order valence-electron chi connectivity index (χ4n) is 0.137. The second-order valence-electron chi connectivity index (χ2n) is 0.976. The molecule has 0 heterocycles. The first kappa shape index (κ1) is 7.36. The van der Waals surface area contributed by atoms with Crippen molar-refractivity contribution in [1.82, 2.24) is 0 Å². The van der Waals surface area contributed by atoms with E-state index in [1.165, 1.54) is 0 Å². The summed E-state index contributed by atoms with van der Waals surface area (Å²) in [6.45, 7) is 0. The van der Waals surface area contributed by atoms with Crippen molar-refractivity contribution in [3.8, 4) is 0 Å². The number of carboxylic acid groups (broad SMARTS) is 1. The van der Waals surface area contributed by atoms with E-state index in [0.717, 1.165) is 12.2 Å². The van der Waals surface area contributed by atoms with Crippen LogP contribution in [-0.4, -0.2) is 15.8 Å². The second-order valence-corrected chi connectivity index (χ2v) is 1.76. The zero-order valence-electron chi connectivity index (χ0n) is 3.80. The Labute approximate surface area is 54.1 Å². The molecule has 0 amide bonds. The lowest BCUT2D eigenvalue weighted by Gasteiger charge is -1.73. The molecule has 0 aromatic rings. The maximum Gasteiger partial charge on any atom is 0.328 e. The van der Waals surface area contributed by atoms with Crippen LogP contribution in [0.5, 0.6) is 0 Å². The van der Waals surface area contributed by atoms with Crippen molar-refractivity contribution in [1.29, 1.82) is 0 Å². The molecule has 0 rings (SSSR count). The monoisotopic (exact) mass is 178 g/mol.